The van der Waals surface area contributed by atoms with Crippen molar-refractivity contribution in [2.45, 2.75) is 37.0 Å². The second kappa shape index (κ2) is 3.83. The first-order valence-electron chi connectivity index (χ1n) is 5.18. The monoisotopic (exact) mass is 240 g/mol. The summed E-state index contributed by atoms with van der Waals surface area (Å²) in [5.41, 5.74) is 1.15. The van der Waals surface area contributed by atoms with Crippen LogP contribution in [0.2, 0.25) is 17.3 Å². The van der Waals surface area contributed by atoms with Gasteiger partial charge in [0.2, 0.25) is 0 Å². The predicted molar refractivity (Wildman–Crippen MR) is 61.3 cm³/mol. The molecule has 0 radical (unpaired) electrons. The molecule has 0 unspecified atom stereocenters. The second-order valence-electron chi connectivity index (χ2n) is 4.67. The first-order valence-corrected chi connectivity index (χ1v) is 12.0. The van der Waals surface area contributed by atoms with Crippen LogP contribution in [0.3, 0.4) is 0 Å². The average Bonchev–Trinajstić information content (AvgIpc) is 2.01. The molecule has 0 aliphatic heterocycles. The van der Waals surface area contributed by atoms with Gasteiger partial charge in [0.1, 0.15) is 0 Å². The van der Waals surface area contributed by atoms with E-state index in [0.29, 0.717) is 0 Å². The summed E-state index contributed by atoms with van der Waals surface area (Å²) in [6, 6.07) is 2.00. The van der Waals surface area contributed by atoms with Crippen molar-refractivity contribution in [1.29, 1.82) is 0 Å². The van der Waals surface area contributed by atoms with Crippen molar-refractivity contribution in [2.75, 3.05) is 0 Å². The van der Waals surface area contributed by atoms with Crippen LogP contribution in [0.15, 0.2) is 18.5 Å². The van der Waals surface area contributed by atoms with Gasteiger partial charge in [0.15, 0.2) is 0 Å². The fourth-order valence-corrected chi connectivity index (χ4v) is 4.79. The molecule has 0 spiro atoms. The normalized spacial score (nSPS) is 14.1. The van der Waals surface area contributed by atoms with Crippen LogP contribution in [0.25, 0.3) is 0 Å². The topological polar surface area (TPSA) is 12.9 Å². The zero-order valence-electron chi connectivity index (χ0n) is 10.2. The number of pyridine rings is 1. The van der Waals surface area contributed by atoms with Crippen LogP contribution < -0.4 is 4.40 Å². The van der Waals surface area contributed by atoms with E-state index in [-0.39, 0.29) is 0 Å². The van der Waals surface area contributed by atoms with Gasteiger partial charge in [0.25, 0.3) is 0 Å². The molecule has 0 saturated carbocycles. The van der Waals surface area contributed by atoms with Crippen molar-refractivity contribution in [1.82, 2.24) is 4.98 Å². The Morgan fingerprint density at radius 2 is 2.00 bits per heavy atom. The quantitative estimate of drug-likeness (QED) is 0.723. The van der Waals surface area contributed by atoms with Gasteiger partial charge in [-0.3, -0.25) is 0 Å². The maximum absolute atomic E-state index is 8.10. The molecule has 1 heterocycles. The third-order valence-electron chi connectivity index (χ3n) is 2.17. The molecule has 0 saturated heterocycles. The SMILES string of the molecule is [2H]C(C)(C)c1ccnc[c]1[Ge]([CH3])([CH3])[CH3]. The molecule has 0 fully saturated rings. The molecule has 1 rings (SSSR count). The molecule has 2 heteroatoms. The van der Waals surface area contributed by atoms with E-state index < -0.39 is 19.2 Å². The van der Waals surface area contributed by atoms with Gasteiger partial charge in [-0.15, -0.1) is 0 Å². The number of hydrogen-bond donors (Lipinski definition) is 0. The van der Waals surface area contributed by atoms with E-state index in [4.69, 9.17) is 1.37 Å². The molecular formula is C11H19GeN. The van der Waals surface area contributed by atoms with E-state index in [9.17, 15) is 0 Å². The van der Waals surface area contributed by atoms with Crippen molar-refractivity contribution in [3.63, 3.8) is 0 Å². The van der Waals surface area contributed by atoms with Gasteiger partial charge < -0.3 is 0 Å². The van der Waals surface area contributed by atoms with Crippen LogP contribution in [0.5, 0.6) is 0 Å². The number of hydrogen-bond acceptors (Lipinski definition) is 1. The molecule has 0 aliphatic rings. The zero-order valence-corrected chi connectivity index (χ0v) is 11.3. The van der Waals surface area contributed by atoms with Crippen LogP contribution in [0.1, 0.15) is 26.7 Å². The van der Waals surface area contributed by atoms with E-state index >= 15 is 0 Å². The van der Waals surface area contributed by atoms with E-state index in [1.165, 1.54) is 4.40 Å². The summed E-state index contributed by atoms with van der Waals surface area (Å²) in [7, 11) is 0. The molecule has 0 atom stereocenters. The molecular weight excluding hydrogens is 219 g/mol. The Balaban J connectivity index is 3.31. The molecule has 0 aliphatic carbocycles. The summed E-state index contributed by atoms with van der Waals surface area (Å²) in [6.45, 7) is 3.89. The molecule has 1 nitrogen and oxygen atoms in total. The Kier molecular flexibility index (Phi) is 2.72. The first-order chi connectivity index (χ1) is 6.23. The molecule has 13 heavy (non-hydrogen) atoms. The average molecular weight is 239 g/mol. The standard InChI is InChI=1S/C11H19GeN/c1-9(2)10-6-7-13-8-11(10)12(3,4)5/h6-9H,1-5H3/i9D. The Hall–Kier alpha value is -0.307. The third kappa shape index (κ3) is 2.57. The second-order valence-corrected chi connectivity index (χ2v) is 15.2. The van der Waals surface area contributed by atoms with Crippen LogP contribution in [0, 0.1) is 0 Å². The van der Waals surface area contributed by atoms with E-state index in [1.807, 2.05) is 26.1 Å². The van der Waals surface area contributed by atoms with E-state index in [0.717, 1.165) is 5.56 Å². The van der Waals surface area contributed by atoms with Crippen molar-refractivity contribution < 1.29 is 1.37 Å². The minimum absolute atomic E-state index is 0.503. The number of nitrogens with zero attached hydrogens (tertiary/aromatic N) is 1. The van der Waals surface area contributed by atoms with Gasteiger partial charge >= 0.3 is 85.1 Å². The Morgan fingerprint density at radius 3 is 2.38 bits per heavy atom. The summed E-state index contributed by atoms with van der Waals surface area (Å²) in [5.74, 6) is 6.52. The molecule has 1 aromatic rings. The van der Waals surface area contributed by atoms with Crippen molar-refractivity contribution in [2.24, 2.45) is 0 Å². The van der Waals surface area contributed by atoms with Crippen molar-refractivity contribution >= 4 is 17.7 Å². The van der Waals surface area contributed by atoms with Gasteiger partial charge in [-0.1, -0.05) is 0 Å². The van der Waals surface area contributed by atoms with Crippen LogP contribution >= 0.6 is 0 Å². The van der Waals surface area contributed by atoms with E-state index in [1.54, 1.807) is 6.20 Å². The van der Waals surface area contributed by atoms with Crippen LogP contribution in [-0.4, -0.2) is 18.3 Å². The predicted octanol–water partition coefficient (Wildman–Crippen LogP) is 2.75. The van der Waals surface area contributed by atoms with Gasteiger partial charge in [-0.2, -0.15) is 0 Å². The number of rotatable bonds is 2. The fourth-order valence-electron chi connectivity index (χ4n) is 1.43. The summed E-state index contributed by atoms with van der Waals surface area (Å²) in [6.07, 6.45) is 3.76. The van der Waals surface area contributed by atoms with E-state index in [2.05, 4.69) is 22.3 Å². The zero-order chi connectivity index (χ0) is 11.0. The molecule has 0 N–H and O–H groups in total. The van der Waals surface area contributed by atoms with Gasteiger partial charge in [-0.05, 0) is 0 Å². The van der Waals surface area contributed by atoms with Gasteiger partial charge in [0.05, 0.1) is 0 Å². The summed E-state index contributed by atoms with van der Waals surface area (Å²) in [5, 5.41) is 0. The van der Waals surface area contributed by atoms with Gasteiger partial charge in [-0.25, -0.2) is 0 Å². The van der Waals surface area contributed by atoms with Crippen molar-refractivity contribution in [3.05, 3.63) is 24.0 Å². The maximum atomic E-state index is 8.10. The summed E-state index contributed by atoms with van der Waals surface area (Å²) in [4.78, 5) is 4.19. The van der Waals surface area contributed by atoms with Gasteiger partial charge in [0, 0.05) is 0 Å². The molecule has 0 aromatic carbocycles. The van der Waals surface area contributed by atoms with Crippen LogP contribution in [0.4, 0.5) is 0 Å². The fraction of sp³-hybridized carbons (Fsp3) is 0.545. The Bertz CT molecular complexity index is 290. The molecule has 0 bridgehead atoms. The Morgan fingerprint density at radius 1 is 1.38 bits per heavy atom. The minimum atomic E-state index is -1.87. The molecule has 1 aromatic heterocycles. The molecule has 72 valence electrons. The molecule has 0 amide bonds. The van der Waals surface area contributed by atoms with Crippen molar-refractivity contribution in [3.8, 4) is 0 Å². The first kappa shape index (κ1) is 9.26. The van der Waals surface area contributed by atoms with Crippen LogP contribution in [-0.2, 0) is 0 Å². The Labute approximate surface area is 85.3 Å². The summed E-state index contributed by atoms with van der Waals surface area (Å²) < 4.78 is 9.45. The summed E-state index contributed by atoms with van der Waals surface area (Å²) >= 11 is -1.87. The third-order valence-corrected chi connectivity index (χ3v) is 6.39. The number of aromatic nitrogens is 1.